The number of aryl methyl sites for hydroxylation is 2. The molecule has 0 bridgehead atoms. The number of nitrogens with zero attached hydrogens (tertiary/aromatic N) is 2. The highest BCUT2D eigenvalue weighted by molar-refractivity contribution is 7.09. The van der Waals surface area contributed by atoms with E-state index in [0.717, 1.165) is 25.0 Å². The summed E-state index contributed by atoms with van der Waals surface area (Å²) in [5.74, 6) is 0. The number of aromatic nitrogens is 2. The van der Waals surface area contributed by atoms with Crippen LogP contribution in [0.15, 0.2) is 29.9 Å². The predicted molar refractivity (Wildman–Crippen MR) is 76.0 cm³/mol. The van der Waals surface area contributed by atoms with Crippen molar-refractivity contribution < 1.29 is 0 Å². The highest BCUT2D eigenvalue weighted by atomic mass is 32.1. The van der Waals surface area contributed by atoms with Gasteiger partial charge in [-0.05, 0) is 38.4 Å². The van der Waals surface area contributed by atoms with Crippen LogP contribution in [0.4, 0.5) is 0 Å². The zero-order valence-corrected chi connectivity index (χ0v) is 11.7. The summed E-state index contributed by atoms with van der Waals surface area (Å²) >= 11 is 1.75. The van der Waals surface area contributed by atoms with Crippen LogP contribution in [-0.2, 0) is 12.8 Å². The Morgan fingerprint density at radius 1 is 1.44 bits per heavy atom. The van der Waals surface area contributed by atoms with Crippen molar-refractivity contribution in [2.24, 2.45) is 0 Å². The zero-order chi connectivity index (χ0) is 12.8. The van der Waals surface area contributed by atoms with Crippen molar-refractivity contribution in [2.75, 3.05) is 7.05 Å². The van der Waals surface area contributed by atoms with Gasteiger partial charge >= 0.3 is 0 Å². The molecule has 1 atom stereocenters. The number of likely N-dealkylation sites (N-methyl/N-ethyl adjacent to an activating group) is 1. The fourth-order valence-electron chi connectivity index (χ4n) is 1.94. The van der Waals surface area contributed by atoms with Gasteiger partial charge in [0.05, 0.1) is 5.01 Å². The average molecular weight is 261 g/mol. The topological polar surface area (TPSA) is 37.8 Å². The van der Waals surface area contributed by atoms with Gasteiger partial charge in [-0.25, -0.2) is 4.98 Å². The Bertz CT molecular complexity index is 467. The molecule has 1 N–H and O–H groups in total. The van der Waals surface area contributed by atoms with E-state index in [-0.39, 0.29) is 0 Å². The SMILES string of the molecule is CNC(CCc1cccnc1)Cc1nc(C)cs1. The van der Waals surface area contributed by atoms with Crippen LogP contribution in [0.25, 0.3) is 0 Å². The summed E-state index contributed by atoms with van der Waals surface area (Å²) in [5, 5.41) is 6.71. The van der Waals surface area contributed by atoms with Crippen LogP contribution in [-0.4, -0.2) is 23.1 Å². The van der Waals surface area contributed by atoms with Crippen LogP contribution in [0.3, 0.4) is 0 Å². The van der Waals surface area contributed by atoms with Crippen LogP contribution in [0.1, 0.15) is 22.7 Å². The van der Waals surface area contributed by atoms with E-state index < -0.39 is 0 Å². The molecule has 0 radical (unpaired) electrons. The first kappa shape index (κ1) is 13.2. The van der Waals surface area contributed by atoms with E-state index in [9.17, 15) is 0 Å². The van der Waals surface area contributed by atoms with Crippen molar-refractivity contribution in [1.29, 1.82) is 0 Å². The van der Waals surface area contributed by atoms with Crippen LogP contribution in [0.5, 0.6) is 0 Å². The predicted octanol–water partition coefficient (Wildman–Crippen LogP) is 2.61. The molecule has 0 aliphatic heterocycles. The minimum atomic E-state index is 0.482. The molecule has 0 aromatic carbocycles. The Morgan fingerprint density at radius 2 is 2.33 bits per heavy atom. The van der Waals surface area contributed by atoms with Gasteiger partial charge in [0, 0.05) is 35.9 Å². The summed E-state index contributed by atoms with van der Waals surface area (Å²) in [6, 6.07) is 4.61. The molecular formula is C14H19N3S. The second-order valence-electron chi connectivity index (χ2n) is 4.47. The molecule has 1 unspecified atom stereocenters. The molecule has 0 saturated carbocycles. The number of pyridine rings is 1. The van der Waals surface area contributed by atoms with Crippen molar-refractivity contribution in [3.8, 4) is 0 Å². The Morgan fingerprint density at radius 3 is 2.94 bits per heavy atom. The van der Waals surface area contributed by atoms with E-state index in [1.807, 2.05) is 32.4 Å². The molecule has 0 spiro atoms. The maximum Gasteiger partial charge on any atom is 0.0943 e. The molecule has 0 aliphatic rings. The first-order valence-corrected chi connectivity index (χ1v) is 7.13. The van der Waals surface area contributed by atoms with E-state index in [1.54, 1.807) is 11.3 Å². The fraction of sp³-hybridized carbons (Fsp3) is 0.429. The van der Waals surface area contributed by atoms with Gasteiger partial charge in [-0.1, -0.05) is 6.07 Å². The summed E-state index contributed by atoms with van der Waals surface area (Å²) < 4.78 is 0. The minimum absolute atomic E-state index is 0.482. The van der Waals surface area contributed by atoms with Gasteiger partial charge in [0.2, 0.25) is 0 Å². The standard InChI is InChI=1S/C14H19N3S/c1-11-10-18-14(17-11)8-13(15-2)6-5-12-4-3-7-16-9-12/h3-4,7,9-10,13,15H,5-6,8H2,1-2H3. The number of thiazole rings is 1. The molecule has 0 fully saturated rings. The van der Waals surface area contributed by atoms with E-state index in [1.165, 1.54) is 10.6 Å². The molecule has 0 aliphatic carbocycles. The van der Waals surface area contributed by atoms with E-state index in [0.29, 0.717) is 6.04 Å². The van der Waals surface area contributed by atoms with Crippen LogP contribution in [0.2, 0.25) is 0 Å². The maximum absolute atomic E-state index is 4.52. The third-order valence-electron chi connectivity index (χ3n) is 3.00. The van der Waals surface area contributed by atoms with Gasteiger partial charge in [0.1, 0.15) is 0 Å². The third-order valence-corrected chi connectivity index (χ3v) is 3.99. The number of rotatable bonds is 6. The quantitative estimate of drug-likeness (QED) is 0.868. The normalized spacial score (nSPS) is 12.6. The molecule has 18 heavy (non-hydrogen) atoms. The summed E-state index contributed by atoms with van der Waals surface area (Å²) in [6.45, 7) is 2.05. The highest BCUT2D eigenvalue weighted by Crippen LogP contribution is 2.13. The van der Waals surface area contributed by atoms with Crippen molar-refractivity contribution >= 4 is 11.3 Å². The smallest absolute Gasteiger partial charge is 0.0943 e. The number of hydrogen-bond acceptors (Lipinski definition) is 4. The van der Waals surface area contributed by atoms with Gasteiger partial charge < -0.3 is 5.32 Å². The van der Waals surface area contributed by atoms with Crippen LogP contribution in [0, 0.1) is 6.92 Å². The summed E-state index contributed by atoms with van der Waals surface area (Å²) in [4.78, 5) is 8.66. The Kier molecular flexibility index (Phi) is 4.84. The van der Waals surface area contributed by atoms with Crippen LogP contribution >= 0.6 is 11.3 Å². The number of hydrogen-bond donors (Lipinski definition) is 1. The first-order valence-electron chi connectivity index (χ1n) is 6.25. The van der Waals surface area contributed by atoms with E-state index in [4.69, 9.17) is 0 Å². The summed E-state index contributed by atoms with van der Waals surface area (Å²) in [5.41, 5.74) is 2.42. The van der Waals surface area contributed by atoms with E-state index >= 15 is 0 Å². The Balaban J connectivity index is 1.86. The van der Waals surface area contributed by atoms with Gasteiger partial charge in [0.15, 0.2) is 0 Å². The van der Waals surface area contributed by atoms with Crippen molar-refractivity contribution in [2.45, 2.75) is 32.2 Å². The fourth-order valence-corrected chi connectivity index (χ4v) is 2.80. The molecule has 3 nitrogen and oxygen atoms in total. The lowest BCUT2D eigenvalue weighted by molar-refractivity contribution is 0.518. The lowest BCUT2D eigenvalue weighted by atomic mass is 10.0. The molecule has 2 aromatic rings. The molecule has 2 rings (SSSR count). The third kappa shape index (κ3) is 3.89. The Labute approximate surface area is 112 Å². The molecule has 4 heteroatoms. The molecular weight excluding hydrogens is 242 g/mol. The van der Waals surface area contributed by atoms with Gasteiger partial charge in [0.25, 0.3) is 0 Å². The largest absolute Gasteiger partial charge is 0.317 e. The van der Waals surface area contributed by atoms with Crippen molar-refractivity contribution in [3.05, 3.63) is 46.2 Å². The maximum atomic E-state index is 4.52. The monoisotopic (exact) mass is 261 g/mol. The average Bonchev–Trinajstić information content (AvgIpc) is 2.81. The Hall–Kier alpha value is -1.26. The van der Waals surface area contributed by atoms with Crippen molar-refractivity contribution in [3.63, 3.8) is 0 Å². The summed E-state index contributed by atoms with van der Waals surface area (Å²) in [7, 11) is 2.02. The van der Waals surface area contributed by atoms with Gasteiger partial charge in [-0.15, -0.1) is 11.3 Å². The molecule has 2 aromatic heterocycles. The number of nitrogens with one attached hydrogen (secondary N) is 1. The van der Waals surface area contributed by atoms with Gasteiger partial charge in [-0.2, -0.15) is 0 Å². The lowest BCUT2D eigenvalue weighted by Gasteiger charge is -2.14. The minimum Gasteiger partial charge on any atom is -0.317 e. The molecule has 96 valence electrons. The summed E-state index contributed by atoms with van der Waals surface area (Å²) in [6.07, 6.45) is 6.94. The molecule has 0 saturated heterocycles. The second kappa shape index (κ2) is 6.61. The highest BCUT2D eigenvalue weighted by Gasteiger charge is 2.10. The lowest BCUT2D eigenvalue weighted by Crippen LogP contribution is -2.28. The van der Waals surface area contributed by atoms with Crippen molar-refractivity contribution in [1.82, 2.24) is 15.3 Å². The van der Waals surface area contributed by atoms with Crippen LogP contribution < -0.4 is 5.32 Å². The first-order chi connectivity index (χ1) is 8.78. The molecule has 0 amide bonds. The zero-order valence-electron chi connectivity index (χ0n) is 10.9. The second-order valence-corrected chi connectivity index (χ2v) is 5.41. The van der Waals surface area contributed by atoms with Gasteiger partial charge in [-0.3, -0.25) is 4.98 Å². The molecule has 2 heterocycles. The van der Waals surface area contributed by atoms with E-state index in [2.05, 4.69) is 26.7 Å².